The smallest absolute Gasteiger partial charge is 0.406 e. The molecule has 0 bridgehead atoms. The van der Waals surface area contributed by atoms with Gasteiger partial charge in [0.1, 0.15) is 5.82 Å². The predicted octanol–water partition coefficient (Wildman–Crippen LogP) is 2.80. The highest BCUT2D eigenvalue weighted by atomic mass is 35.5. The molecule has 0 spiro atoms. The van der Waals surface area contributed by atoms with E-state index in [2.05, 4.69) is 15.4 Å². The third kappa shape index (κ3) is 4.82. The maximum absolute atomic E-state index is 13.8. The summed E-state index contributed by atoms with van der Waals surface area (Å²) in [6.07, 6.45) is 2.23. The van der Waals surface area contributed by atoms with Crippen molar-refractivity contribution < 1.29 is 19.0 Å². The van der Waals surface area contributed by atoms with Crippen molar-refractivity contribution in [1.82, 2.24) is 10.6 Å². The summed E-state index contributed by atoms with van der Waals surface area (Å²) in [5.74, 6) is -0.505. The van der Waals surface area contributed by atoms with Gasteiger partial charge in [0.2, 0.25) is 0 Å². The van der Waals surface area contributed by atoms with Gasteiger partial charge in [-0.3, -0.25) is 0 Å². The molecule has 1 aromatic carbocycles. The maximum atomic E-state index is 13.8. The molecule has 1 fully saturated rings. The molecule has 134 valence electrons. The van der Waals surface area contributed by atoms with Crippen molar-refractivity contribution in [3.8, 4) is 0 Å². The molecule has 2 rings (SSSR count). The lowest BCUT2D eigenvalue weighted by Gasteiger charge is -2.39. The Morgan fingerprint density at radius 2 is 2.33 bits per heavy atom. The highest BCUT2D eigenvalue weighted by Gasteiger charge is 2.39. The molecule has 2 unspecified atom stereocenters. The Balaban J connectivity index is 2.15. The second kappa shape index (κ2) is 8.65. The number of aliphatic hydroxyl groups is 1. The van der Waals surface area contributed by atoms with Crippen LogP contribution in [0.15, 0.2) is 18.2 Å². The van der Waals surface area contributed by atoms with Crippen molar-refractivity contribution in [3.63, 3.8) is 0 Å². The number of methoxy groups -OCH3 is 1. The summed E-state index contributed by atoms with van der Waals surface area (Å²) in [4.78, 5) is 11.1. The fourth-order valence-electron chi connectivity index (χ4n) is 3.27. The molecule has 7 heteroatoms. The van der Waals surface area contributed by atoms with E-state index in [4.69, 9.17) is 11.6 Å². The van der Waals surface area contributed by atoms with Crippen LogP contribution in [0.2, 0.25) is 5.02 Å². The van der Waals surface area contributed by atoms with E-state index in [1.807, 2.05) is 0 Å². The summed E-state index contributed by atoms with van der Waals surface area (Å²) in [7, 11) is 1.30. The van der Waals surface area contributed by atoms with E-state index in [1.54, 1.807) is 6.07 Å². The lowest BCUT2D eigenvalue weighted by Crippen LogP contribution is -2.44. The summed E-state index contributed by atoms with van der Waals surface area (Å²) in [6.45, 7) is 1.95. The van der Waals surface area contributed by atoms with Crippen LogP contribution < -0.4 is 10.6 Å². The van der Waals surface area contributed by atoms with E-state index in [9.17, 15) is 14.3 Å². The van der Waals surface area contributed by atoms with Crippen LogP contribution in [0.1, 0.15) is 31.2 Å². The maximum Gasteiger partial charge on any atom is 0.406 e. The predicted molar refractivity (Wildman–Crippen MR) is 90.5 cm³/mol. The van der Waals surface area contributed by atoms with E-state index < -0.39 is 17.5 Å². The molecule has 1 aliphatic rings. The Labute approximate surface area is 146 Å². The summed E-state index contributed by atoms with van der Waals surface area (Å²) in [6, 6.07) is 4.19. The van der Waals surface area contributed by atoms with Gasteiger partial charge < -0.3 is 20.5 Å². The molecule has 3 N–H and O–H groups in total. The molecule has 2 atom stereocenters. The second-order valence-electron chi connectivity index (χ2n) is 6.15. The average molecular weight is 359 g/mol. The molecule has 1 aliphatic heterocycles. The quantitative estimate of drug-likeness (QED) is 0.684. The number of rotatable bonds is 6. The van der Waals surface area contributed by atoms with Crippen LogP contribution >= 0.6 is 11.6 Å². The third-order valence-electron chi connectivity index (χ3n) is 4.52. The van der Waals surface area contributed by atoms with E-state index in [1.165, 1.54) is 19.2 Å². The first-order valence-electron chi connectivity index (χ1n) is 8.17. The van der Waals surface area contributed by atoms with Crippen LogP contribution in [-0.4, -0.2) is 37.9 Å². The molecule has 1 aromatic rings. The zero-order valence-corrected chi connectivity index (χ0v) is 14.5. The van der Waals surface area contributed by atoms with Gasteiger partial charge in [-0.05, 0) is 56.0 Å². The van der Waals surface area contributed by atoms with Crippen molar-refractivity contribution in [2.45, 2.75) is 31.3 Å². The summed E-state index contributed by atoms with van der Waals surface area (Å²) < 4.78 is 18.3. The Kier molecular flexibility index (Phi) is 6.83. The Bertz CT molecular complexity index is 547. The molecule has 0 aromatic heterocycles. The van der Waals surface area contributed by atoms with Gasteiger partial charge in [-0.25, -0.2) is 9.18 Å². The highest BCUT2D eigenvalue weighted by Crippen LogP contribution is 2.39. The topological polar surface area (TPSA) is 70.6 Å². The number of hydrogen-bond acceptors (Lipinski definition) is 4. The molecule has 1 saturated heterocycles. The van der Waals surface area contributed by atoms with Gasteiger partial charge >= 0.3 is 6.09 Å². The van der Waals surface area contributed by atoms with Crippen LogP contribution in [0.25, 0.3) is 0 Å². The van der Waals surface area contributed by atoms with Crippen LogP contribution in [0.4, 0.5) is 9.18 Å². The minimum absolute atomic E-state index is 0.0396. The average Bonchev–Trinajstić information content (AvgIpc) is 2.58. The van der Waals surface area contributed by atoms with Gasteiger partial charge in [0.15, 0.2) is 0 Å². The van der Waals surface area contributed by atoms with Crippen LogP contribution in [0, 0.1) is 11.7 Å². The SMILES string of the molecule is COC(=O)NCCCC(O)(c1cc(F)cc(Cl)c1)C1CCCNC1. The van der Waals surface area contributed by atoms with Crippen molar-refractivity contribution in [3.05, 3.63) is 34.6 Å². The van der Waals surface area contributed by atoms with Gasteiger partial charge in [-0.15, -0.1) is 0 Å². The molecule has 1 amide bonds. The number of ether oxygens (including phenoxy) is 1. The molecule has 0 aliphatic carbocycles. The van der Waals surface area contributed by atoms with Crippen molar-refractivity contribution in [1.29, 1.82) is 0 Å². The van der Waals surface area contributed by atoms with Crippen molar-refractivity contribution in [2.75, 3.05) is 26.7 Å². The first-order valence-corrected chi connectivity index (χ1v) is 8.55. The lowest BCUT2D eigenvalue weighted by molar-refractivity contribution is -0.0422. The van der Waals surface area contributed by atoms with Crippen LogP contribution in [0.3, 0.4) is 0 Å². The van der Waals surface area contributed by atoms with E-state index >= 15 is 0 Å². The Hall–Kier alpha value is -1.37. The number of hydrogen-bond donors (Lipinski definition) is 3. The number of benzene rings is 1. The monoisotopic (exact) mass is 358 g/mol. The molecule has 0 saturated carbocycles. The minimum Gasteiger partial charge on any atom is -0.453 e. The zero-order valence-electron chi connectivity index (χ0n) is 13.8. The standard InChI is InChI=1S/C17H24ClFN2O3/c1-24-16(22)21-7-3-5-17(23,12-4-2-6-20-11-12)13-8-14(18)10-15(19)9-13/h8-10,12,20,23H,2-7,11H2,1H3,(H,21,22). The second-order valence-corrected chi connectivity index (χ2v) is 6.58. The number of amides is 1. The Morgan fingerprint density at radius 1 is 1.54 bits per heavy atom. The summed E-state index contributed by atoms with van der Waals surface area (Å²) in [5.41, 5.74) is -0.712. The molecule has 5 nitrogen and oxygen atoms in total. The molecule has 24 heavy (non-hydrogen) atoms. The van der Waals surface area contributed by atoms with Crippen LogP contribution in [0.5, 0.6) is 0 Å². The van der Waals surface area contributed by atoms with Gasteiger partial charge in [0, 0.05) is 24.0 Å². The normalized spacial score (nSPS) is 20.2. The molecule has 0 radical (unpaired) electrons. The van der Waals surface area contributed by atoms with Gasteiger partial charge in [-0.2, -0.15) is 0 Å². The summed E-state index contributed by atoms with van der Waals surface area (Å²) >= 11 is 5.98. The molecular formula is C17H24ClFN2O3. The largest absolute Gasteiger partial charge is 0.453 e. The number of halogens is 2. The van der Waals surface area contributed by atoms with E-state index in [-0.39, 0.29) is 10.9 Å². The number of carbonyl (C=O) groups is 1. The van der Waals surface area contributed by atoms with Gasteiger partial charge in [0.25, 0.3) is 0 Å². The van der Waals surface area contributed by atoms with Gasteiger partial charge in [-0.1, -0.05) is 11.6 Å². The van der Waals surface area contributed by atoms with Crippen molar-refractivity contribution in [2.24, 2.45) is 5.92 Å². The minimum atomic E-state index is -1.20. The first kappa shape index (κ1) is 19.0. The Morgan fingerprint density at radius 3 is 2.96 bits per heavy atom. The van der Waals surface area contributed by atoms with Crippen molar-refractivity contribution >= 4 is 17.7 Å². The highest BCUT2D eigenvalue weighted by molar-refractivity contribution is 6.30. The zero-order chi connectivity index (χ0) is 17.6. The third-order valence-corrected chi connectivity index (χ3v) is 4.74. The fraction of sp³-hybridized carbons (Fsp3) is 0.588. The molecular weight excluding hydrogens is 335 g/mol. The van der Waals surface area contributed by atoms with E-state index in [0.717, 1.165) is 19.4 Å². The lowest BCUT2D eigenvalue weighted by atomic mass is 9.74. The number of piperidine rings is 1. The molecule has 1 heterocycles. The van der Waals surface area contributed by atoms with Gasteiger partial charge in [0.05, 0.1) is 12.7 Å². The van der Waals surface area contributed by atoms with E-state index in [0.29, 0.717) is 31.5 Å². The number of carbonyl (C=O) groups excluding carboxylic acids is 1. The fourth-order valence-corrected chi connectivity index (χ4v) is 3.49. The number of alkyl carbamates (subject to hydrolysis) is 1. The first-order chi connectivity index (χ1) is 11.5. The van der Waals surface area contributed by atoms with Crippen LogP contribution in [-0.2, 0) is 10.3 Å². The number of nitrogens with one attached hydrogen (secondary N) is 2. The summed E-state index contributed by atoms with van der Waals surface area (Å²) in [5, 5.41) is 17.5.